The Balaban J connectivity index is 2.58. The lowest BCUT2D eigenvalue weighted by Crippen LogP contribution is -2.04. The molecule has 0 aliphatic rings. The molecule has 15 heavy (non-hydrogen) atoms. The van der Waals surface area contributed by atoms with E-state index < -0.39 is 18.8 Å². The summed E-state index contributed by atoms with van der Waals surface area (Å²) in [7, 11) is 0. The summed E-state index contributed by atoms with van der Waals surface area (Å²) < 4.78 is 39.4. The topological polar surface area (TPSA) is 4.93 Å². The van der Waals surface area contributed by atoms with Crippen LogP contribution in [0.25, 0.3) is 10.9 Å². The van der Waals surface area contributed by atoms with Crippen molar-refractivity contribution in [2.24, 2.45) is 0 Å². The van der Waals surface area contributed by atoms with Gasteiger partial charge in [-0.25, -0.2) is 13.2 Å². The normalized spacial score (nSPS) is 11.5. The summed E-state index contributed by atoms with van der Waals surface area (Å²) >= 11 is 3.19. The van der Waals surface area contributed by atoms with E-state index in [1.54, 1.807) is 6.07 Å². The third kappa shape index (κ3) is 2.02. The van der Waals surface area contributed by atoms with Crippen LogP contribution in [0.5, 0.6) is 0 Å². The van der Waals surface area contributed by atoms with Gasteiger partial charge in [0, 0.05) is 16.1 Å². The maximum absolute atomic E-state index is 13.1. The predicted octanol–water partition coefficient (Wildman–Crippen LogP) is 3.81. The molecule has 0 amide bonds. The van der Waals surface area contributed by atoms with Crippen LogP contribution >= 0.6 is 15.9 Å². The minimum atomic E-state index is -2.44. The highest BCUT2D eigenvalue weighted by molar-refractivity contribution is 9.10. The molecule has 1 nitrogen and oxygen atoms in total. The monoisotopic (exact) mass is 277 g/mol. The van der Waals surface area contributed by atoms with Gasteiger partial charge in [0.2, 0.25) is 0 Å². The van der Waals surface area contributed by atoms with Gasteiger partial charge in [0.05, 0.1) is 12.1 Å². The first-order valence-corrected chi connectivity index (χ1v) is 5.09. The van der Waals surface area contributed by atoms with E-state index in [2.05, 4.69) is 15.9 Å². The first-order chi connectivity index (χ1) is 7.08. The fourth-order valence-electron chi connectivity index (χ4n) is 1.53. The van der Waals surface area contributed by atoms with Gasteiger partial charge in [0.15, 0.2) is 0 Å². The summed E-state index contributed by atoms with van der Waals surface area (Å²) in [5.41, 5.74) is 0.474. The van der Waals surface area contributed by atoms with Crippen LogP contribution in [0.1, 0.15) is 0 Å². The number of hydrogen-bond acceptors (Lipinski definition) is 0. The summed E-state index contributed by atoms with van der Waals surface area (Å²) in [6.45, 7) is -0.417. The third-order valence-electron chi connectivity index (χ3n) is 2.14. The van der Waals surface area contributed by atoms with E-state index in [-0.39, 0.29) is 0 Å². The molecule has 2 rings (SSSR count). The van der Waals surface area contributed by atoms with Crippen molar-refractivity contribution >= 4 is 26.8 Å². The van der Waals surface area contributed by atoms with Gasteiger partial charge in [0.1, 0.15) is 5.82 Å². The number of rotatable bonds is 2. The Morgan fingerprint density at radius 3 is 2.73 bits per heavy atom. The van der Waals surface area contributed by atoms with Crippen LogP contribution in [0.2, 0.25) is 0 Å². The summed E-state index contributed by atoms with van der Waals surface area (Å²) in [6.07, 6.45) is -0.913. The van der Waals surface area contributed by atoms with Crippen LogP contribution in [0.15, 0.2) is 28.9 Å². The number of aromatic nitrogens is 1. The van der Waals surface area contributed by atoms with Gasteiger partial charge in [0.25, 0.3) is 6.43 Å². The van der Waals surface area contributed by atoms with Crippen molar-refractivity contribution in [1.29, 1.82) is 0 Å². The molecule has 2 aromatic rings. The van der Waals surface area contributed by atoms with Gasteiger partial charge in [-0.2, -0.15) is 0 Å². The van der Waals surface area contributed by atoms with Crippen molar-refractivity contribution in [3.05, 3.63) is 34.7 Å². The number of nitrogens with zero attached hydrogens (tertiary/aromatic N) is 1. The second-order valence-electron chi connectivity index (χ2n) is 3.18. The number of halogens is 4. The van der Waals surface area contributed by atoms with Crippen LogP contribution in [-0.4, -0.2) is 11.0 Å². The molecule has 0 atom stereocenters. The van der Waals surface area contributed by atoms with E-state index in [0.717, 1.165) is 5.39 Å². The first-order valence-electron chi connectivity index (χ1n) is 4.30. The van der Waals surface area contributed by atoms with E-state index in [4.69, 9.17) is 0 Å². The molecule has 80 valence electrons. The molecule has 1 aromatic heterocycles. The van der Waals surface area contributed by atoms with Crippen molar-refractivity contribution in [1.82, 2.24) is 4.57 Å². The SMILES string of the molecule is Fc1cc(Br)c2ccn(CC(F)F)c2c1. The Labute approximate surface area is 92.6 Å². The van der Waals surface area contributed by atoms with Crippen LogP contribution in [0, 0.1) is 5.82 Å². The standard InChI is InChI=1S/C10H7BrF3N/c11-8-3-6(12)4-9-7(8)1-2-15(9)5-10(13)14/h1-4,10H,5H2. The summed E-state index contributed by atoms with van der Waals surface area (Å²) in [5.74, 6) is -0.441. The van der Waals surface area contributed by atoms with E-state index in [9.17, 15) is 13.2 Å². The zero-order valence-electron chi connectivity index (χ0n) is 7.55. The lowest BCUT2D eigenvalue weighted by atomic mass is 10.2. The molecule has 0 N–H and O–H groups in total. The first kappa shape index (κ1) is 10.5. The molecule has 0 spiro atoms. The Morgan fingerprint density at radius 2 is 2.07 bits per heavy atom. The van der Waals surface area contributed by atoms with Crippen molar-refractivity contribution in [2.45, 2.75) is 13.0 Å². The largest absolute Gasteiger partial charge is 0.342 e. The maximum Gasteiger partial charge on any atom is 0.256 e. The van der Waals surface area contributed by atoms with Crippen molar-refractivity contribution in [3.8, 4) is 0 Å². The lowest BCUT2D eigenvalue weighted by molar-refractivity contribution is 0.128. The van der Waals surface area contributed by atoms with E-state index in [1.165, 1.54) is 22.9 Å². The van der Waals surface area contributed by atoms with Crippen molar-refractivity contribution < 1.29 is 13.2 Å². The quantitative estimate of drug-likeness (QED) is 0.787. The molecule has 5 heteroatoms. The van der Waals surface area contributed by atoms with E-state index >= 15 is 0 Å². The van der Waals surface area contributed by atoms with Gasteiger partial charge in [-0.1, -0.05) is 0 Å². The second kappa shape index (κ2) is 3.89. The highest BCUT2D eigenvalue weighted by atomic mass is 79.9. The fourth-order valence-corrected chi connectivity index (χ4v) is 2.08. The van der Waals surface area contributed by atoms with E-state index in [0.29, 0.717) is 9.99 Å². The minimum absolute atomic E-state index is 0.417. The van der Waals surface area contributed by atoms with E-state index in [1.807, 2.05) is 0 Å². The minimum Gasteiger partial charge on any atom is -0.342 e. The van der Waals surface area contributed by atoms with Gasteiger partial charge in [-0.3, -0.25) is 0 Å². The molecule has 0 aliphatic carbocycles. The van der Waals surface area contributed by atoms with Crippen LogP contribution in [0.4, 0.5) is 13.2 Å². The van der Waals surface area contributed by atoms with Crippen LogP contribution < -0.4 is 0 Å². The number of fused-ring (bicyclic) bond motifs is 1. The van der Waals surface area contributed by atoms with Gasteiger partial charge < -0.3 is 4.57 Å². The molecule has 0 aliphatic heterocycles. The van der Waals surface area contributed by atoms with Crippen LogP contribution in [-0.2, 0) is 6.54 Å². The Kier molecular flexibility index (Phi) is 2.73. The molecule has 0 bridgehead atoms. The van der Waals surface area contributed by atoms with Crippen LogP contribution in [0.3, 0.4) is 0 Å². The molecule has 0 radical (unpaired) electrons. The molecule has 0 unspecified atom stereocenters. The predicted molar refractivity (Wildman–Crippen MR) is 55.6 cm³/mol. The summed E-state index contributed by atoms with van der Waals surface area (Å²) in [4.78, 5) is 0. The van der Waals surface area contributed by atoms with Gasteiger partial charge in [-0.05, 0) is 34.1 Å². The number of benzene rings is 1. The highest BCUT2D eigenvalue weighted by Gasteiger charge is 2.10. The zero-order chi connectivity index (χ0) is 11.0. The molecular weight excluding hydrogens is 271 g/mol. The lowest BCUT2D eigenvalue weighted by Gasteiger charge is -2.04. The average molecular weight is 278 g/mol. The molecule has 0 saturated heterocycles. The molecule has 1 aromatic carbocycles. The smallest absolute Gasteiger partial charge is 0.256 e. The fraction of sp³-hybridized carbons (Fsp3) is 0.200. The second-order valence-corrected chi connectivity index (χ2v) is 4.03. The van der Waals surface area contributed by atoms with Crippen molar-refractivity contribution in [2.75, 3.05) is 0 Å². The number of hydrogen-bond donors (Lipinski definition) is 0. The zero-order valence-corrected chi connectivity index (χ0v) is 9.14. The Bertz CT molecular complexity index is 493. The molecule has 0 fully saturated rings. The average Bonchev–Trinajstić information content (AvgIpc) is 2.48. The molecule has 0 saturated carbocycles. The maximum atomic E-state index is 13.1. The van der Waals surface area contributed by atoms with Gasteiger partial charge >= 0.3 is 0 Å². The highest BCUT2D eigenvalue weighted by Crippen LogP contribution is 2.26. The Hall–Kier alpha value is -0.970. The molecular formula is C10H7BrF3N. The molecule has 1 heterocycles. The Morgan fingerprint density at radius 1 is 1.33 bits per heavy atom. The summed E-state index contributed by atoms with van der Waals surface area (Å²) in [6, 6.07) is 4.25. The third-order valence-corrected chi connectivity index (χ3v) is 2.79. The number of alkyl halides is 2. The van der Waals surface area contributed by atoms with Crippen molar-refractivity contribution in [3.63, 3.8) is 0 Å². The van der Waals surface area contributed by atoms with Gasteiger partial charge in [-0.15, -0.1) is 0 Å². The summed E-state index contributed by atoms with van der Waals surface area (Å²) in [5, 5.41) is 0.733.